The van der Waals surface area contributed by atoms with Crippen molar-refractivity contribution in [2.75, 3.05) is 6.54 Å². The molecule has 0 spiro atoms. The van der Waals surface area contributed by atoms with E-state index in [1.54, 1.807) is 6.20 Å². The Morgan fingerprint density at radius 1 is 1.31 bits per heavy atom. The molecule has 1 aliphatic heterocycles. The van der Waals surface area contributed by atoms with E-state index in [0.29, 0.717) is 17.8 Å². The van der Waals surface area contributed by atoms with E-state index in [0.717, 1.165) is 40.8 Å². The van der Waals surface area contributed by atoms with Gasteiger partial charge in [-0.05, 0) is 49.4 Å². The van der Waals surface area contributed by atoms with Gasteiger partial charge >= 0.3 is 0 Å². The Morgan fingerprint density at radius 3 is 3.00 bits per heavy atom. The highest BCUT2D eigenvalue weighted by Gasteiger charge is 2.33. The minimum absolute atomic E-state index is 0.0329. The lowest BCUT2D eigenvalue weighted by atomic mass is 10.1. The molecule has 1 aliphatic rings. The van der Waals surface area contributed by atoms with Crippen LogP contribution < -0.4 is 0 Å². The van der Waals surface area contributed by atoms with Crippen LogP contribution in [0.15, 0.2) is 35.0 Å². The first-order valence-corrected chi connectivity index (χ1v) is 10.0. The Kier molecular flexibility index (Phi) is 4.12. The number of carbonyl (C=O) groups excluding carboxylic acids is 1. The predicted octanol–water partition coefficient (Wildman–Crippen LogP) is 4.51. The average molecular weight is 389 g/mol. The number of rotatable bonds is 3. The van der Waals surface area contributed by atoms with E-state index < -0.39 is 0 Å². The number of aryl methyl sites for hydroxylation is 1. The highest BCUT2D eigenvalue weighted by atomic mass is 16.5. The summed E-state index contributed by atoms with van der Waals surface area (Å²) >= 11 is 0. The van der Waals surface area contributed by atoms with Crippen molar-refractivity contribution in [2.24, 2.45) is 0 Å². The molecule has 7 heteroatoms. The highest BCUT2D eigenvalue weighted by Crippen LogP contribution is 2.33. The maximum Gasteiger partial charge on any atom is 0.257 e. The zero-order valence-corrected chi connectivity index (χ0v) is 16.8. The third-order valence-electron chi connectivity index (χ3n) is 5.64. The van der Waals surface area contributed by atoms with E-state index >= 15 is 0 Å². The number of amides is 1. The summed E-state index contributed by atoms with van der Waals surface area (Å²) in [6.07, 6.45) is 3.43. The number of aromatic nitrogens is 4. The predicted molar refractivity (Wildman–Crippen MR) is 110 cm³/mol. The van der Waals surface area contributed by atoms with Gasteiger partial charge < -0.3 is 14.4 Å². The van der Waals surface area contributed by atoms with Gasteiger partial charge in [-0.15, -0.1) is 0 Å². The molecule has 1 unspecified atom stereocenters. The molecular formula is C22H23N5O2. The number of benzene rings is 1. The summed E-state index contributed by atoms with van der Waals surface area (Å²) in [5, 5.41) is 4.92. The SMILES string of the molecule is Cc1ccc2nc(C3CCCN3C(=O)c3cnc4onc(C(C)C)c4c3)[nH]c2c1. The van der Waals surface area contributed by atoms with Gasteiger partial charge in [-0.1, -0.05) is 25.1 Å². The van der Waals surface area contributed by atoms with Crippen LogP contribution in [-0.4, -0.2) is 37.5 Å². The molecule has 7 nitrogen and oxygen atoms in total. The number of nitrogens with zero attached hydrogens (tertiary/aromatic N) is 4. The number of likely N-dealkylation sites (tertiary alicyclic amines) is 1. The second-order valence-corrected chi connectivity index (χ2v) is 8.10. The molecule has 4 aromatic rings. The monoisotopic (exact) mass is 389 g/mol. The van der Waals surface area contributed by atoms with Gasteiger partial charge in [0.1, 0.15) is 5.82 Å². The number of pyridine rings is 1. The van der Waals surface area contributed by atoms with Crippen LogP contribution in [0.1, 0.15) is 66.1 Å². The Balaban J connectivity index is 1.49. The molecule has 5 rings (SSSR count). The summed E-state index contributed by atoms with van der Waals surface area (Å²) < 4.78 is 5.30. The van der Waals surface area contributed by atoms with Crippen LogP contribution in [0.4, 0.5) is 0 Å². The second-order valence-electron chi connectivity index (χ2n) is 8.10. The lowest BCUT2D eigenvalue weighted by molar-refractivity contribution is 0.0730. The number of fused-ring (bicyclic) bond motifs is 2. The zero-order chi connectivity index (χ0) is 20.1. The second kappa shape index (κ2) is 6.69. The van der Waals surface area contributed by atoms with E-state index in [-0.39, 0.29) is 17.9 Å². The van der Waals surface area contributed by atoms with E-state index in [1.165, 1.54) is 5.56 Å². The largest absolute Gasteiger partial charge is 0.340 e. The number of nitrogens with one attached hydrogen (secondary N) is 1. The van der Waals surface area contributed by atoms with E-state index in [1.807, 2.05) is 30.9 Å². The number of hydrogen-bond acceptors (Lipinski definition) is 5. The molecule has 0 bridgehead atoms. The summed E-state index contributed by atoms with van der Waals surface area (Å²) in [5.74, 6) is 1.01. The number of imidazole rings is 1. The van der Waals surface area contributed by atoms with Crippen molar-refractivity contribution >= 4 is 28.0 Å². The molecule has 148 valence electrons. The Labute approximate surface area is 168 Å². The molecule has 1 N–H and O–H groups in total. The van der Waals surface area contributed by atoms with Gasteiger partial charge in [0.05, 0.1) is 33.7 Å². The lowest BCUT2D eigenvalue weighted by Crippen LogP contribution is -2.31. The van der Waals surface area contributed by atoms with Crippen LogP contribution in [0.5, 0.6) is 0 Å². The van der Waals surface area contributed by atoms with Crippen molar-refractivity contribution in [3.05, 3.63) is 53.1 Å². The average Bonchev–Trinajstić information content (AvgIpc) is 3.43. The highest BCUT2D eigenvalue weighted by molar-refractivity contribution is 5.97. The smallest absolute Gasteiger partial charge is 0.257 e. The molecule has 1 saturated heterocycles. The van der Waals surface area contributed by atoms with Crippen molar-refractivity contribution in [3.63, 3.8) is 0 Å². The third kappa shape index (κ3) is 2.97. The van der Waals surface area contributed by atoms with Crippen molar-refractivity contribution in [1.29, 1.82) is 0 Å². The molecular weight excluding hydrogens is 366 g/mol. The fourth-order valence-electron chi connectivity index (χ4n) is 4.14. The summed E-state index contributed by atoms with van der Waals surface area (Å²) in [6, 6.07) is 7.95. The maximum atomic E-state index is 13.3. The molecule has 1 amide bonds. The molecule has 3 aromatic heterocycles. The first kappa shape index (κ1) is 17.8. The van der Waals surface area contributed by atoms with Crippen LogP contribution in [0.3, 0.4) is 0 Å². The van der Waals surface area contributed by atoms with Gasteiger partial charge in [0.15, 0.2) is 0 Å². The summed E-state index contributed by atoms with van der Waals surface area (Å²) in [6.45, 7) is 6.86. The molecule has 1 aromatic carbocycles. The van der Waals surface area contributed by atoms with E-state index in [4.69, 9.17) is 9.51 Å². The number of hydrogen-bond donors (Lipinski definition) is 1. The van der Waals surface area contributed by atoms with Gasteiger partial charge in [0, 0.05) is 12.7 Å². The summed E-state index contributed by atoms with van der Waals surface area (Å²) in [7, 11) is 0. The number of aromatic amines is 1. The van der Waals surface area contributed by atoms with Crippen molar-refractivity contribution in [3.8, 4) is 0 Å². The lowest BCUT2D eigenvalue weighted by Gasteiger charge is -2.23. The van der Waals surface area contributed by atoms with E-state index in [9.17, 15) is 4.79 Å². The first-order valence-electron chi connectivity index (χ1n) is 10.0. The standard InChI is InChI=1S/C22H23N5O2/c1-12(2)19-15-10-14(11-23-21(15)29-26-19)22(28)27-8-4-5-18(27)20-24-16-7-6-13(3)9-17(16)25-20/h6-7,9-12,18H,4-5,8H2,1-3H3,(H,24,25). The van der Waals surface area contributed by atoms with Gasteiger partial charge in [-0.2, -0.15) is 0 Å². The van der Waals surface area contributed by atoms with Crippen LogP contribution in [-0.2, 0) is 0 Å². The Bertz CT molecular complexity index is 1220. The van der Waals surface area contributed by atoms with Gasteiger partial charge in [-0.25, -0.2) is 9.97 Å². The summed E-state index contributed by atoms with van der Waals surface area (Å²) in [5.41, 5.74) is 4.97. The van der Waals surface area contributed by atoms with Crippen molar-refractivity contribution < 1.29 is 9.32 Å². The van der Waals surface area contributed by atoms with Crippen LogP contribution in [0.2, 0.25) is 0 Å². The van der Waals surface area contributed by atoms with Gasteiger partial charge in [0.25, 0.3) is 11.6 Å². The molecule has 0 saturated carbocycles. The Hall–Kier alpha value is -3.22. The van der Waals surface area contributed by atoms with Gasteiger partial charge in [0.2, 0.25) is 0 Å². The third-order valence-corrected chi connectivity index (χ3v) is 5.64. The Morgan fingerprint density at radius 2 is 2.17 bits per heavy atom. The molecule has 4 heterocycles. The number of H-pyrrole nitrogens is 1. The minimum atomic E-state index is -0.0575. The maximum absolute atomic E-state index is 13.3. The van der Waals surface area contributed by atoms with Crippen LogP contribution in [0, 0.1) is 6.92 Å². The normalized spacial score (nSPS) is 17.1. The molecule has 0 radical (unpaired) electrons. The zero-order valence-electron chi connectivity index (χ0n) is 16.8. The van der Waals surface area contributed by atoms with Crippen LogP contribution in [0.25, 0.3) is 22.1 Å². The molecule has 0 aliphatic carbocycles. The van der Waals surface area contributed by atoms with Crippen molar-refractivity contribution in [2.45, 2.75) is 45.6 Å². The molecule has 1 atom stereocenters. The fraction of sp³-hybridized carbons (Fsp3) is 0.364. The number of carbonyl (C=O) groups is 1. The quantitative estimate of drug-likeness (QED) is 0.557. The van der Waals surface area contributed by atoms with E-state index in [2.05, 4.69) is 34.2 Å². The minimum Gasteiger partial charge on any atom is -0.340 e. The molecule has 1 fully saturated rings. The topological polar surface area (TPSA) is 87.9 Å². The van der Waals surface area contributed by atoms with Crippen LogP contribution >= 0.6 is 0 Å². The summed E-state index contributed by atoms with van der Waals surface area (Å²) in [4.78, 5) is 27.7. The van der Waals surface area contributed by atoms with Gasteiger partial charge in [-0.3, -0.25) is 4.79 Å². The van der Waals surface area contributed by atoms with Crippen molar-refractivity contribution in [1.82, 2.24) is 25.0 Å². The molecule has 29 heavy (non-hydrogen) atoms. The first-order chi connectivity index (χ1) is 14.0. The fourth-order valence-corrected chi connectivity index (χ4v) is 4.14.